The number of rotatable bonds is 59. The van der Waals surface area contributed by atoms with Crippen LogP contribution in [0, 0.1) is 0 Å². The zero-order valence-corrected chi connectivity index (χ0v) is 47.3. The van der Waals surface area contributed by atoms with Crippen LogP contribution in [-0.2, 0) is 14.3 Å². The average molecular weight is 987 g/mol. The van der Waals surface area contributed by atoms with Crippen molar-refractivity contribution >= 4 is 11.9 Å². The number of hydrogen-bond acceptors (Lipinski definition) is 5. The van der Waals surface area contributed by atoms with E-state index in [2.05, 4.69) is 31.3 Å². The Morgan fingerprint density at radius 2 is 0.671 bits per heavy atom. The third kappa shape index (κ3) is 55.7. The van der Waals surface area contributed by atoms with Crippen LogP contribution in [0.25, 0.3) is 0 Å². The number of esters is 1. The topological polar surface area (TPSA) is 95.9 Å². The van der Waals surface area contributed by atoms with Crippen molar-refractivity contribution < 1.29 is 24.5 Å². The van der Waals surface area contributed by atoms with Crippen LogP contribution in [-0.4, -0.2) is 47.4 Å². The second kappa shape index (κ2) is 59.9. The van der Waals surface area contributed by atoms with E-state index in [1.165, 1.54) is 276 Å². The minimum atomic E-state index is -0.850. The Morgan fingerprint density at radius 1 is 0.386 bits per heavy atom. The minimum Gasteiger partial charge on any atom is -0.466 e. The van der Waals surface area contributed by atoms with Crippen LogP contribution in [0.2, 0.25) is 0 Å². The van der Waals surface area contributed by atoms with Gasteiger partial charge in [-0.2, -0.15) is 0 Å². The van der Waals surface area contributed by atoms with Crippen LogP contribution >= 0.6 is 0 Å². The fourth-order valence-corrected chi connectivity index (χ4v) is 9.87. The number of ether oxygens (including phenoxy) is 1. The van der Waals surface area contributed by atoms with E-state index in [-0.39, 0.29) is 18.5 Å². The molecule has 70 heavy (non-hydrogen) atoms. The standard InChI is InChI=1S/C64H123NO5/c1-3-5-7-9-11-13-15-17-19-21-22-23-25-28-32-36-40-44-48-52-56-62(67)61(60-66)65-63(68)57-53-49-45-41-37-33-29-26-27-31-35-39-43-47-51-55-59-70-64(69)58-54-50-46-42-38-34-30-24-20-18-16-14-12-10-8-6-4-2/h18,20,52,56,61-62,66-67H,3-17,19,21-51,53-55,57-60H2,1-2H3,(H,65,68)/b20-18-,56-52+. The molecular formula is C64H123NO5. The second-order valence-corrected chi connectivity index (χ2v) is 21.7. The summed E-state index contributed by atoms with van der Waals surface area (Å²) in [7, 11) is 0. The Kier molecular flexibility index (Phi) is 58.5. The largest absolute Gasteiger partial charge is 0.466 e. The Labute approximate surface area is 437 Å². The van der Waals surface area contributed by atoms with Gasteiger partial charge in [0.2, 0.25) is 5.91 Å². The van der Waals surface area contributed by atoms with Crippen molar-refractivity contribution in [3.8, 4) is 0 Å². The van der Waals surface area contributed by atoms with Gasteiger partial charge < -0.3 is 20.3 Å². The number of aliphatic hydroxyl groups is 2. The quantitative estimate of drug-likeness (QED) is 0.0321. The van der Waals surface area contributed by atoms with Crippen LogP contribution in [0.3, 0.4) is 0 Å². The maximum absolute atomic E-state index is 12.5. The van der Waals surface area contributed by atoms with E-state index in [0.717, 1.165) is 44.9 Å². The summed E-state index contributed by atoms with van der Waals surface area (Å²) < 4.78 is 5.49. The van der Waals surface area contributed by atoms with Gasteiger partial charge in [-0.3, -0.25) is 9.59 Å². The molecule has 414 valence electrons. The molecule has 0 fully saturated rings. The summed E-state index contributed by atoms with van der Waals surface area (Å²) >= 11 is 0. The van der Waals surface area contributed by atoms with Gasteiger partial charge in [-0.05, 0) is 57.8 Å². The van der Waals surface area contributed by atoms with Crippen molar-refractivity contribution in [3.63, 3.8) is 0 Å². The van der Waals surface area contributed by atoms with Crippen LogP contribution in [0.15, 0.2) is 24.3 Å². The number of carbonyl (C=O) groups is 2. The van der Waals surface area contributed by atoms with Crippen molar-refractivity contribution in [1.82, 2.24) is 5.32 Å². The van der Waals surface area contributed by atoms with Crippen LogP contribution in [0.4, 0.5) is 0 Å². The normalized spacial score (nSPS) is 12.7. The molecule has 0 saturated carbocycles. The van der Waals surface area contributed by atoms with E-state index in [0.29, 0.717) is 19.4 Å². The molecule has 0 radical (unpaired) electrons. The van der Waals surface area contributed by atoms with Gasteiger partial charge in [-0.15, -0.1) is 0 Å². The van der Waals surface area contributed by atoms with Gasteiger partial charge in [0.05, 0.1) is 25.4 Å². The number of allylic oxidation sites excluding steroid dienone is 3. The maximum Gasteiger partial charge on any atom is 0.305 e. The summed E-state index contributed by atoms with van der Waals surface area (Å²) in [5.41, 5.74) is 0. The van der Waals surface area contributed by atoms with Gasteiger partial charge in [0, 0.05) is 12.8 Å². The zero-order chi connectivity index (χ0) is 50.7. The van der Waals surface area contributed by atoms with Gasteiger partial charge >= 0.3 is 5.97 Å². The Morgan fingerprint density at radius 3 is 1.01 bits per heavy atom. The molecule has 0 aromatic carbocycles. The first-order valence-corrected chi connectivity index (χ1v) is 31.6. The molecule has 0 aliphatic rings. The number of carbonyl (C=O) groups excluding carboxylic acids is 2. The molecule has 2 atom stereocenters. The van der Waals surface area contributed by atoms with Crippen LogP contribution in [0.5, 0.6) is 0 Å². The van der Waals surface area contributed by atoms with Crippen molar-refractivity contribution in [3.05, 3.63) is 24.3 Å². The Hall–Kier alpha value is -1.66. The van der Waals surface area contributed by atoms with Crippen LogP contribution in [0.1, 0.15) is 348 Å². The van der Waals surface area contributed by atoms with Crippen molar-refractivity contribution in [1.29, 1.82) is 0 Å². The second-order valence-electron chi connectivity index (χ2n) is 21.7. The molecule has 0 saturated heterocycles. The predicted octanol–water partition coefficient (Wildman–Crippen LogP) is 19.8. The minimum absolute atomic E-state index is 0.000468. The summed E-state index contributed by atoms with van der Waals surface area (Å²) in [5.74, 6) is -0.0722. The van der Waals surface area contributed by atoms with E-state index in [1.54, 1.807) is 6.08 Å². The monoisotopic (exact) mass is 986 g/mol. The summed E-state index contributed by atoms with van der Waals surface area (Å²) in [6.07, 6.45) is 73.5. The lowest BCUT2D eigenvalue weighted by atomic mass is 10.0. The highest BCUT2D eigenvalue weighted by atomic mass is 16.5. The first-order chi connectivity index (χ1) is 34.5. The number of amides is 1. The molecule has 0 aromatic rings. The van der Waals surface area contributed by atoms with E-state index >= 15 is 0 Å². The third-order valence-corrected chi connectivity index (χ3v) is 14.7. The first-order valence-electron chi connectivity index (χ1n) is 31.6. The first kappa shape index (κ1) is 68.3. The molecule has 3 N–H and O–H groups in total. The van der Waals surface area contributed by atoms with Gasteiger partial charge in [0.25, 0.3) is 0 Å². The van der Waals surface area contributed by atoms with Crippen molar-refractivity contribution in [2.75, 3.05) is 13.2 Å². The molecule has 0 heterocycles. The van der Waals surface area contributed by atoms with Crippen LogP contribution < -0.4 is 5.32 Å². The highest BCUT2D eigenvalue weighted by Gasteiger charge is 2.18. The van der Waals surface area contributed by atoms with Gasteiger partial charge in [-0.25, -0.2) is 0 Å². The molecule has 0 spiro atoms. The number of nitrogens with one attached hydrogen (secondary N) is 1. The van der Waals surface area contributed by atoms with Crippen molar-refractivity contribution in [2.45, 2.75) is 360 Å². The highest BCUT2D eigenvalue weighted by molar-refractivity contribution is 5.76. The Balaban J connectivity index is 3.44. The number of unbranched alkanes of at least 4 members (excludes halogenated alkanes) is 46. The molecule has 0 aromatic heterocycles. The Bertz CT molecular complexity index is 1090. The van der Waals surface area contributed by atoms with E-state index in [9.17, 15) is 19.8 Å². The van der Waals surface area contributed by atoms with E-state index < -0.39 is 12.1 Å². The SMILES string of the molecule is CCCCCCCC/C=C\CCCCCCCCCC(=O)OCCCCCCCCCCCCCCCCCCC(=O)NC(CO)C(O)/C=C/CCCCCCCCCCCCCCCCCCCC. The predicted molar refractivity (Wildman–Crippen MR) is 306 cm³/mol. The molecule has 6 nitrogen and oxygen atoms in total. The van der Waals surface area contributed by atoms with Gasteiger partial charge in [0.15, 0.2) is 0 Å². The summed E-state index contributed by atoms with van der Waals surface area (Å²) in [4.78, 5) is 24.6. The third-order valence-electron chi connectivity index (χ3n) is 14.7. The molecule has 6 heteroatoms. The fraction of sp³-hybridized carbons (Fsp3) is 0.906. The molecule has 0 aliphatic carbocycles. The number of aliphatic hydroxyl groups excluding tert-OH is 2. The molecule has 0 aliphatic heterocycles. The molecule has 0 bridgehead atoms. The van der Waals surface area contributed by atoms with Gasteiger partial charge in [0.1, 0.15) is 0 Å². The molecule has 0 rings (SSSR count). The lowest BCUT2D eigenvalue weighted by molar-refractivity contribution is -0.143. The lowest BCUT2D eigenvalue weighted by Gasteiger charge is -2.20. The molecule has 2 unspecified atom stereocenters. The average Bonchev–Trinajstić information content (AvgIpc) is 3.36. The van der Waals surface area contributed by atoms with E-state index in [1.807, 2.05) is 6.08 Å². The number of hydrogen-bond donors (Lipinski definition) is 3. The molecular weight excluding hydrogens is 863 g/mol. The summed E-state index contributed by atoms with van der Waals surface area (Å²) in [6.45, 7) is 4.91. The summed E-state index contributed by atoms with van der Waals surface area (Å²) in [5, 5.41) is 23.2. The highest BCUT2D eigenvalue weighted by Crippen LogP contribution is 2.18. The van der Waals surface area contributed by atoms with Gasteiger partial charge in [-0.1, -0.05) is 301 Å². The maximum atomic E-state index is 12.5. The zero-order valence-electron chi connectivity index (χ0n) is 47.3. The fourth-order valence-electron chi connectivity index (χ4n) is 9.87. The van der Waals surface area contributed by atoms with Crippen molar-refractivity contribution in [2.24, 2.45) is 0 Å². The van der Waals surface area contributed by atoms with E-state index in [4.69, 9.17) is 4.74 Å². The smallest absolute Gasteiger partial charge is 0.305 e. The molecule has 1 amide bonds. The summed E-state index contributed by atoms with van der Waals surface area (Å²) in [6, 6.07) is -0.634. The lowest BCUT2D eigenvalue weighted by Crippen LogP contribution is -2.45.